The fourth-order valence-corrected chi connectivity index (χ4v) is 9.85. The van der Waals surface area contributed by atoms with E-state index in [1.165, 1.54) is 161 Å². The van der Waals surface area contributed by atoms with E-state index < -0.39 is 6.10 Å². The zero-order valence-electron chi connectivity index (χ0n) is 54.0. The molecular weight excluding hydrogens is 1010 g/mol. The van der Waals surface area contributed by atoms with E-state index >= 15 is 0 Å². The number of carbonyl (C=O) groups excluding carboxylic acids is 3. The summed E-state index contributed by atoms with van der Waals surface area (Å²) in [5.74, 6) is -0.887. The average Bonchev–Trinajstić information content (AvgIpc) is 3.48. The van der Waals surface area contributed by atoms with Crippen LogP contribution in [0.1, 0.15) is 335 Å². The van der Waals surface area contributed by atoms with E-state index in [0.717, 1.165) is 135 Å². The lowest BCUT2D eigenvalue weighted by molar-refractivity contribution is -0.167. The Morgan fingerprint density at radius 3 is 0.744 bits per heavy atom. The zero-order valence-corrected chi connectivity index (χ0v) is 54.0. The second-order valence-electron chi connectivity index (χ2n) is 23.1. The van der Waals surface area contributed by atoms with Gasteiger partial charge in [0.2, 0.25) is 0 Å². The highest BCUT2D eigenvalue weighted by atomic mass is 16.6. The minimum Gasteiger partial charge on any atom is -0.462 e. The molecule has 0 aliphatic rings. The molecule has 0 N–H and O–H groups in total. The molecule has 0 saturated heterocycles. The maximum absolute atomic E-state index is 12.9. The third-order valence-electron chi connectivity index (χ3n) is 15.0. The Balaban J connectivity index is 4.25. The standard InChI is InChI=1S/C76H130O6/c1-4-7-10-13-16-19-22-24-26-28-30-32-33-34-35-36-37-38-39-40-41-42-43-45-46-48-50-52-54-57-60-63-66-69-75(78)81-72-73(71-80-74(77)68-65-62-59-56-21-18-15-12-9-6-3)82-76(79)70-67-64-61-58-55-53-51-49-47-44-31-29-27-25-23-20-17-14-11-8-5-2/h7,10,16,19,24,26,30,32,34-35,37-38,40-41,43,45,48,50,73H,4-6,8-9,11-15,17-18,20-23,25,27-29,31,33,36,39,42,44,46-47,49,51-72H2,1-3H3/b10-7-,19-16-,26-24-,32-30-,35-34-,38-37-,41-40-,45-43-,50-48-. The fourth-order valence-electron chi connectivity index (χ4n) is 9.85. The highest BCUT2D eigenvalue weighted by Gasteiger charge is 2.19. The smallest absolute Gasteiger partial charge is 0.306 e. The van der Waals surface area contributed by atoms with E-state index in [0.29, 0.717) is 19.3 Å². The summed E-state index contributed by atoms with van der Waals surface area (Å²) in [6.07, 6.45) is 95.5. The Hall–Kier alpha value is -3.93. The van der Waals surface area contributed by atoms with Gasteiger partial charge in [0.1, 0.15) is 13.2 Å². The average molecular weight is 1140 g/mol. The van der Waals surface area contributed by atoms with Gasteiger partial charge in [-0.05, 0) is 89.9 Å². The maximum Gasteiger partial charge on any atom is 0.306 e. The molecule has 470 valence electrons. The second-order valence-corrected chi connectivity index (χ2v) is 23.1. The van der Waals surface area contributed by atoms with Crippen LogP contribution < -0.4 is 0 Å². The molecule has 6 heteroatoms. The van der Waals surface area contributed by atoms with Gasteiger partial charge in [-0.2, -0.15) is 0 Å². The lowest BCUT2D eigenvalue weighted by Gasteiger charge is -2.18. The lowest BCUT2D eigenvalue weighted by Crippen LogP contribution is -2.30. The van der Waals surface area contributed by atoms with Gasteiger partial charge in [0, 0.05) is 19.3 Å². The molecule has 0 aliphatic carbocycles. The minimum atomic E-state index is -0.784. The number of rotatable bonds is 63. The molecule has 0 heterocycles. The Labute approximate surface area is 508 Å². The van der Waals surface area contributed by atoms with Gasteiger partial charge >= 0.3 is 17.9 Å². The molecule has 0 saturated carbocycles. The summed E-state index contributed by atoms with van der Waals surface area (Å²) in [6, 6.07) is 0. The first-order chi connectivity index (χ1) is 40.5. The van der Waals surface area contributed by atoms with Crippen LogP contribution in [-0.4, -0.2) is 37.2 Å². The van der Waals surface area contributed by atoms with Crippen LogP contribution >= 0.6 is 0 Å². The highest BCUT2D eigenvalue weighted by Crippen LogP contribution is 2.17. The first kappa shape index (κ1) is 78.1. The molecule has 0 aliphatic heterocycles. The van der Waals surface area contributed by atoms with Crippen molar-refractivity contribution in [2.24, 2.45) is 0 Å². The van der Waals surface area contributed by atoms with Crippen molar-refractivity contribution in [2.75, 3.05) is 13.2 Å². The number of unbranched alkanes of at least 4 members (excludes halogenated alkanes) is 34. The van der Waals surface area contributed by atoms with Crippen molar-refractivity contribution >= 4 is 17.9 Å². The summed E-state index contributed by atoms with van der Waals surface area (Å²) in [5.41, 5.74) is 0. The van der Waals surface area contributed by atoms with E-state index in [2.05, 4.69) is 130 Å². The summed E-state index contributed by atoms with van der Waals surface area (Å²) in [5, 5.41) is 0. The first-order valence-corrected chi connectivity index (χ1v) is 34.9. The molecule has 0 fully saturated rings. The number of ether oxygens (including phenoxy) is 3. The third-order valence-corrected chi connectivity index (χ3v) is 15.0. The van der Waals surface area contributed by atoms with E-state index in [4.69, 9.17) is 14.2 Å². The van der Waals surface area contributed by atoms with Crippen LogP contribution in [0.2, 0.25) is 0 Å². The van der Waals surface area contributed by atoms with Gasteiger partial charge in [0.05, 0.1) is 0 Å². The molecule has 0 aromatic rings. The van der Waals surface area contributed by atoms with Gasteiger partial charge < -0.3 is 14.2 Å². The quantitative estimate of drug-likeness (QED) is 0.0261. The number of allylic oxidation sites excluding steroid dienone is 18. The molecule has 1 atom stereocenters. The molecule has 82 heavy (non-hydrogen) atoms. The molecule has 0 aromatic heterocycles. The Morgan fingerprint density at radius 2 is 0.476 bits per heavy atom. The topological polar surface area (TPSA) is 78.9 Å². The molecule has 0 spiro atoms. The second kappa shape index (κ2) is 69.6. The predicted octanol–water partition coefficient (Wildman–Crippen LogP) is 24.2. The summed E-state index contributed by atoms with van der Waals surface area (Å²) in [6.45, 7) is 6.54. The molecule has 0 aromatic carbocycles. The zero-order chi connectivity index (χ0) is 59.2. The lowest BCUT2D eigenvalue weighted by atomic mass is 10.0. The van der Waals surface area contributed by atoms with Gasteiger partial charge in [-0.25, -0.2) is 0 Å². The van der Waals surface area contributed by atoms with Crippen LogP contribution in [0.4, 0.5) is 0 Å². The van der Waals surface area contributed by atoms with Gasteiger partial charge in [0.15, 0.2) is 6.10 Å². The van der Waals surface area contributed by atoms with Gasteiger partial charge in [0.25, 0.3) is 0 Å². The largest absolute Gasteiger partial charge is 0.462 e. The molecule has 1 unspecified atom stereocenters. The van der Waals surface area contributed by atoms with Crippen LogP contribution in [-0.2, 0) is 28.6 Å². The normalized spacial score (nSPS) is 12.8. The number of carbonyl (C=O) groups is 3. The Bertz CT molecular complexity index is 1640. The van der Waals surface area contributed by atoms with Crippen LogP contribution in [0, 0.1) is 0 Å². The van der Waals surface area contributed by atoms with Gasteiger partial charge in [-0.1, -0.05) is 336 Å². The molecular formula is C76H130O6. The molecule has 0 radical (unpaired) electrons. The van der Waals surface area contributed by atoms with Crippen molar-refractivity contribution in [1.82, 2.24) is 0 Å². The fraction of sp³-hybridized carbons (Fsp3) is 0.724. The third kappa shape index (κ3) is 66.9. The number of hydrogen-bond acceptors (Lipinski definition) is 6. The first-order valence-electron chi connectivity index (χ1n) is 34.9. The highest BCUT2D eigenvalue weighted by molar-refractivity contribution is 5.71. The SMILES string of the molecule is CC/C=C\C/C=C\C/C=C\C/C=C\C/C=C\C/C=C\C/C=C\C/C=C\C/C=C\CCCCCCCC(=O)OCC(COC(=O)CCCCCCCCCCCC)OC(=O)CCCCCCCCCCCCCCCCCCCCCCC. The van der Waals surface area contributed by atoms with Crippen molar-refractivity contribution in [3.05, 3.63) is 109 Å². The van der Waals surface area contributed by atoms with Gasteiger partial charge in [-0.3, -0.25) is 14.4 Å². The van der Waals surface area contributed by atoms with E-state index in [-0.39, 0.29) is 31.1 Å². The summed E-state index contributed by atoms with van der Waals surface area (Å²) in [7, 11) is 0. The Kier molecular flexibility index (Phi) is 66.2. The molecule has 0 amide bonds. The van der Waals surface area contributed by atoms with Crippen LogP contribution in [0.5, 0.6) is 0 Å². The molecule has 0 bridgehead atoms. The van der Waals surface area contributed by atoms with Crippen molar-refractivity contribution in [1.29, 1.82) is 0 Å². The van der Waals surface area contributed by atoms with Crippen LogP contribution in [0.3, 0.4) is 0 Å². The Morgan fingerprint density at radius 1 is 0.256 bits per heavy atom. The number of esters is 3. The summed E-state index contributed by atoms with van der Waals surface area (Å²) >= 11 is 0. The van der Waals surface area contributed by atoms with E-state index in [1.807, 2.05) is 0 Å². The maximum atomic E-state index is 12.9. The molecule has 0 rings (SSSR count). The minimum absolute atomic E-state index is 0.0800. The van der Waals surface area contributed by atoms with Crippen LogP contribution in [0.25, 0.3) is 0 Å². The summed E-state index contributed by atoms with van der Waals surface area (Å²) in [4.78, 5) is 38.3. The van der Waals surface area contributed by atoms with Crippen molar-refractivity contribution in [3.8, 4) is 0 Å². The van der Waals surface area contributed by atoms with Crippen molar-refractivity contribution in [3.63, 3.8) is 0 Å². The monoisotopic (exact) mass is 1140 g/mol. The van der Waals surface area contributed by atoms with Crippen LogP contribution in [0.15, 0.2) is 109 Å². The van der Waals surface area contributed by atoms with E-state index in [9.17, 15) is 14.4 Å². The number of hydrogen-bond donors (Lipinski definition) is 0. The van der Waals surface area contributed by atoms with Gasteiger partial charge in [-0.15, -0.1) is 0 Å². The van der Waals surface area contributed by atoms with Crippen molar-refractivity contribution < 1.29 is 28.6 Å². The molecule has 6 nitrogen and oxygen atoms in total. The predicted molar refractivity (Wildman–Crippen MR) is 357 cm³/mol. The van der Waals surface area contributed by atoms with Crippen molar-refractivity contribution in [2.45, 2.75) is 341 Å². The summed E-state index contributed by atoms with van der Waals surface area (Å²) < 4.78 is 16.9. The van der Waals surface area contributed by atoms with E-state index in [1.54, 1.807) is 0 Å².